The highest BCUT2D eigenvalue weighted by Gasteiger charge is 2.19. The molecule has 0 fully saturated rings. The lowest BCUT2D eigenvalue weighted by Crippen LogP contribution is -2.13. The third-order valence-corrected chi connectivity index (χ3v) is 4.15. The van der Waals surface area contributed by atoms with Crippen LogP contribution in [0, 0.1) is 0 Å². The molecule has 0 radical (unpaired) electrons. The van der Waals surface area contributed by atoms with Crippen molar-refractivity contribution in [3.8, 4) is 5.75 Å². The van der Waals surface area contributed by atoms with Crippen LogP contribution in [-0.4, -0.2) is 19.5 Å². The molecule has 0 bridgehead atoms. The Morgan fingerprint density at radius 1 is 1.25 bits per heavy atom. The first-order valence-corrected chi connectivity index (χ1v) is 8.16. The van der Waals surface area contributed by atoms with Crippen molar-refractivity contribution in [3.63, 3.8) is 0 Å². The van der Waals surface area contributed by atoms with Gasteiger partial charge in [0.2, 0.25) is 5.91 Å². The van der Waals surface area contributed by atoms with Crippen LogP contribution in [0.4, 0.5) is 0 Å². The number of nitrogens with two attached hydrogens (primary N) is 1. The Bertz CT molecular complexity index is 781. The minimum absolute atomic E-state index is 0.235. The first kappa shape index (κ1) is 16.3. The van der Waals surface area contributed by atoms with Crippen LogP contribution in [-0.2, 0) is 17.8 Å². The Morgan fingerprint density at radius 2 is 2.08 bits per heavy atom. The van der Waals surface area contributed by atoms with Crippen LogP contribution < -0.4 is 15.8 Å². The number of hydrogen-bond acceptors (Lipinski definition) is 3. The van der Waals surface area contributed by atoms with E-state index in [9.17, 15) is 4.79 Å². The molecule has 3 rings (SSSR count). The zero-order chi connectivity index (χ0) is 16.9. The van der Waals surface area contributed by atoms with Crippen LogP contribution in [0.1, 0.15) is 28.7 Å². The van der Waals surface area contributed by atoms with Gasteiger partial charge in [-0.2, -0.15) is 0 Å². The van der Waals surface area contributed by atoms with Crippen molar-refractivity contribution in [1.82, 2.24) is 5.32 Å². The van der Waals surface area contributed by atoms with E-state index in [1.54, 1.807) is 0 Å². The van der Waals surface area contributed by atoms with Gasteiger partial charge in [-0.1, -0.05) is 36.4 Å². The predicted molar refractivity (Wildman–Crippen MR) is 95.7 cm³/mol. The van der Waals surface area contributed by atoms with Gasteiger partial charge < -0.3 is 15.8 Å². The van der Waals surface area contributed by atoms with Crippen molar-refractivity contribution < 1.29 is 9.53 Å². The standard InChI is InChI=1S/C20H22N2O2/c1-22-10-4-7-17-16-6-3-2-5-15(16)13-24-19-9-8-14(11-18(17)19)12-20(21)23/h2-3,5-9,11,22H,4,10,12-13H2,1H3,(H2,21,23)/b17-7-. The highest BCUT2D eigenvalue weighted by Crippen LogP contribution is 2.37. The van der Waals surface area contributed by atoms with Crippen LogP contribution in [0.3, 0.4) is 0 Å². The Kier molecular flexibility index (Phi) is 4.96. The number of nitrogens with one attached hydrogen (secondary N) is 1. The normalized spacial score (nSPS) is 14.5. The van der Waals surface area contributed by atoms with Crippen LogP contribution in [0.25, 0.3) is 5.57 Å². The van der Waals surface area contributed by atoms with Gasteiger partial charge in [-0.25, -0.2) is 0 Å². The highest BCUT2D eigenvalue weighted by molar-refractivity contribution is 5.86. The van der Waals surface area contributed by atoms with Crippen molar-refractivity contribution >= 4 is 11.5 Å². The van der Waals surface area contributed by atoms with Gasteiger partial charge in [-0.3, -0.25) is 4.79 Å². The second-order valence-corrected chi connectivity index (χ2v) is 5.93. The first-order valence-electron chi connectivity index (χ1n) is 8.16. The molecular weight excluding hydrogens is 300 g/mol. The Morgan fingerprint density at radius 3 is 2.88 bits per heavy atom. The molecule has 1 aliphatic heterocycles. The van der Waals surface area contributed by atoms with Crippen LogP contribution in [0.15, 0.2) is 48.5 Å². The number of carbonyl (C=O) groups excluding carboxylic acids is 1. The largest absolute Gasteiger partial charge is 0.488 e. The van der Waals surface area contributed by atoms with Crippen LogP contribution >= 0.6 is 0 Å². The fourth-order valence-corrected chi connectivity index (χ4v) is 3.01. The number of hydrogen-bond donors (Lipinski definition) is 2. The van der Waals surface area contributed by atoms with E-state index >= 15 is 0 Å². The number of benzene rings is 2. The molecule has 2 aromatic carbocycles. The predicted octanol–water partition coefficient (Wildman–Crippen LogP) is 2.65. The molecule has 3 N–H and O–H groups in total. The molecule has 0 atom stereocenters. The second-order valence-electron chi connectivity index (χ2n) is 5.93. The summed E-state index contributed by atoms with van der Waals surface area (Å²) >= 11 is 0. The maximum atomic E-state index is 11.3. The van der Waals surface area contributed by atoms with E-state index < -0.39 is 0 Å². The number of carbonyl (C=O) groups is 1. The molecule has 124 valence electrons. The minimum atomic E-state index is -0.328. The van der Waals surface area contributed by atoms with E-state index in [0.29, 0.717) is 6.61 Å². The molecule has 2 aromatic rings. The number of fused-ring (bicyclic) bond motifs is 2. The van der Waals surface area contributed by atoms with E-state index in [-0.39, 0.29) is 12.3 Å². The lowest BCUT2D eigenvalue weighted by atomic mass is 9.92. The first-order chi connectivity index (χ1) is 11.7. The van der Waals surface area contributed by atoms with Gasteiger partial charge >= 0.3 is 0 Å². The van der Waals surface area contributed by atoms with Gasteiger partial charge in [0.15, 0.2) is 0 Å². The van der Waals surface area contributed by atoms with Gasteiger partial charge in [0.05, 0.1) is 6.42 Å². The molecule has 0 saturated carbocycles. The molecule has 4 heteroatoms. The summed E-state index contributed by atoms with van der Waals surface area (Å²) in [6.07, 6.45) is 3.38. The van der Waals surface area contributed by atoms with Crippen molar-refractivity contribution in [2.24, 2.45) is 5.73 Å². The maximum absolute atomic E-state index is 11.3. The molecule has 1 heterocycles. The number of ether oxygens (including phenoxy) is 1. The SMILES string of the molecule is CNCC/C=C1/c2ccccc2COc2ccc(CC(N)=O)cc21. The third kappa shape index (κ3) is 3.49. The quantitative estimate of drug-likeness (QED) is 0.832. The smallest absolute Gasteiger partial charge is 0.221 e. The topological polar surface area (TPSA) is 64.3 Å². The lowest BCUT2D eigenvalue weighted by molar-refractivity contribution is -0.117. The molecule has 0 spiro atoms. The van der Waals surface area contributed by atoms with Gasteiger partial charge in [0.1, 0.15) is 12.4 Å². The fourth-order valence-electron chi connectivity index (χ4n) is 3.01. The van der Waals surface area contributed by atoms with Crippen LogP contribution in [0.5, 0.6) is 5.75 Å². The molecule has 0 aromatic heterocycles. The van der Waals surface area contributed by atoms with Gasteiger partial charge in [0, 0.05) is 5.56 Å². The third-order valence-electron chi connectivity index (χ3n) is 4.15. The summed E-state index contributed by atoms with van der Waals surface area (Å²) in [5.74, 6) is 0.515. The Hall–Kier alpha value is -2.59. The number of rotatable bonds is 5. The molecule has 0 unspecified atom stereocenters. The van der Waals surface area contributed by atoms with E-state index in [2.05, 4.69) is 23.5 Å². The molecule has 0 saturated heterocycles. The summed E-state index contributed by atoms with van der Waals surface area (Å²) in [5.41, 5.74) is 10.8. The summed E-state index contributed by atoms with van der Waals surface area (Å²) in [7, 11) is 1.95. The lowest BCUT2D eigenvalue weighted by Gasteiger charge is -2.12. The summed E-state index contributed by atoms with van der Waals surface area (Å²) in [5, 5.41) is 3.17. The highest BCUT2D eigenvalue weighted by atomic mass is 16.5. The van der Waals surface area contributed by atoms with Crippen molar-refractivity contribution in [2.45, 2.75) is 19.4 Å². The average molecular weight is 322 g/mol. The molecule has 1 aliphatic rings. The maximum Gasteiger partial charge on any atom is 0.221 e. The van der Waals surface area contributed by atoms with E-state index in [1.165, 1.54) is 11.1 Å². The van der Waals surface area contributed by atoms with Gasteiger partial charge in [-0.15, -0.1) is 0 Å². The molecule has 4 nitrogen and oxygen atoms in total. The summed E-state index contributed by atoms with van der Waals surface area (Å²) in [6.45, 7) is 1.45. The summed E-state index contributed by atoms with van der Waals surface area (Å²) in [6, 6.07) is 14.2. The summed E-state index contributed by atoms with van der Waals surface area (Å²) in [4.78, 5) is 11.3. The average Bonchev–Trinajstić information content (AvgIpc) is 2.72. The zero-order valence-corrected chi connectivity index (χ0v) is 13.8. The summed E-state index contributed by atoms with van der Waals surface area (Å²) < 4.78 is 6.00. The van der Waals surface area contributed by atoms with Crippen molar-refractivity contribution in [1.29, 1.82) is 0 Å². The van der Waals surface area contributed by atoms with Crippen molar-refractivity contribution in [2.75, 3.05) is 13.6 Å². The van der Waals surface area contributed by atoms with E-state index in [0.717, 1.165) is 35.4 Å². The molecule has 24 heavy (non-hydrogen) atoms. The van der Waals surface area contributed by atoms with E-state index in [1.807, 2.05) is 37.4 Å². The van der Waals surface area contributed by atoms with Gasteiger partial charge in [-0.05, 0) is 54.4 Å². The number of primary amides is 1. The minimum Gasteiger partial charge on any atom is -0.488 e. The Balaban J connectivity index is 2.10. The van der Waals surface area contributed by atoms with Gasteiger partial charge in [0.25, 0.3) is 0 Å². The zero-order valence-electron chi connectivity index (χ0n) is 13.8. The number of amides is 1. The second kappa shape index (κ2) is 7.32. The molecule has 0 aliphatic carbocycles. The van der Waals surface area contributed by atoms with E-state index in [4.69, 9.17) is 10.5 Å². The Labute approximate surface area is 142 Å². The van der Waals surface area contributed by atoms with Crippen LogP contribution in [0.2, 0.25) is 0 Å². The monoisotopic (exact) mass is 322 g/mol. The fraction of sp³-hybridized carbons (Fsp3) is 0.250. The van der Waals surface area contributed by atoms with Crippen molar-refractivity contribution in [3.05, 3.63) is 70.8 Å². The molecule has 1 amide bonds. The molecular formula is C20H22N2O2.